The Balaban J connectivity index is 1.91. The van der Waals surface area contributed by atoms with Crippen molar-refractivity contribution >= 4 is 23.5 Å². The molecule has 140 valence electrons. The highest BCUT2D eigenvalue weighted by Gasteiger charge is 2.18. The third kappa shape index (κ3) is 6.56. The van der Waals surface area contributed by atoms with Gasteiger partial charge in [0.15, 0.2) is 5.78 Å². The van der Waals surface area contributed by atoms with Gasteiger partial charge >= 0.3 is 0 Å². The van der Waals surface area contributed by atoms with Crippen LogP contribution >= 0.6 is 11.8 Å². The lowest BCUT2D eigenvalue weighted by molar-refractivity contribution is -0.122. The summed E-state index contributed by atoms with van der Waals surface area (Å²) in [4.78, 5) is 27.2. The predicted molar refractivity (Wildman–Crippen MR) is 108 cm³/mol. The van der Waals surface area contributed by atoms with E-state index < -0.39 is 6.04 Å². The van der Waals surface area contributed by atoms with Crippen molar-refractivity contribution in [3.8, 4) is 12.3 Å². The molecule has 0 saturated heterocycles. The topological polar surface area (TPSA) is 58.2 Å². The SMILES string of the molecule is C#CCCCCNC(=O)[C@H](Cc1ccc(C(=O)c2ccccc2)cc1)NCl. The number of carbonyl (C=O) groups excluding carboxylic acids is 2. The Hall–Kier alpha value is -2.61. The van der Waals surface area contributed by atoms with E-state index in [1.54, 1.807) is 24.3 Å². The van der Waals surface area contributed by atoms with Crippen LogP contribution in [0.5, 0.6) is 0 Å². The third-order valence-electron chi connectivity index (χ3n) is 4.19. The third-order valence-corrected chi connectivity index (χ3v) is 4.45. The van der Waals surface area contributed by atoms with Gasteiger partial charge in [0.2, 0.25) is 5.91 Å². The van der Waals surface area contributed by atoms with Gasteiger partial charge < -0.3 is 5.32 Å². The molecule has 0 bridgehead atoms. The van der Waals surface area contributed by atoms with Crippen LogP contribution in [0.3, 0.4) is 0 Å². The van der Waals surface area contributed by atoms with E-state index in [2.05, 4.69) is 16.1 Å². The number of amides is 1. The molecule has 0 aliphatic carbocycles. The van der Waals surface area contributed by atoms with E-state index >= 15 is 0 Å². The molecule has 0 unspecified atom stereocenters. The van der Waals surface area contributed by atoms with Crippen LogP contribution in [0.2, 0.25) is 0 Å². The van der Waals surface area contributed by atoms with Crippen molar-refractivity contribution in [2.75, 3.05) is 6.54 Å². The fourth-order valence-electron chi connectivity index (χ4n) is 2.65. The summed E-state index contributed by atoms with van der Waals surface area (Å²) in [5.74, 6) is 2.39. The first-order valence-corrected chi connectivity index (χ1v) is 9.29. The average molecular weight is 383 g/mol. The summed E-state index contributed by atoms with van der Waals surface area (Å²) in [5, 5.41) is 2.86. The zero-order chi connectivity index (χ0) is 19.5. The lowest BCUT2D eigenvalue weighted by Crippen LogP contribution is -2.42. The number of halogens is 1. The smallest absolute Gasteiger partial charge is 0.238 e. The summed E-state index contributed by atoms with van der Waals surface area (Å²) in [5.41, 5.74) is 2.17. The minimum atomic E-state index is -0.546. The van der Waals surface area contributed by atoms with Crippen molar-refractivity contribution in [3.05, 3.63) is 71.3 Å². The van der Waals surface area contributed by atoms with Crippen LogP contribution < -0.4 is 10.2 Å². The Morgan fingerprint density at radius 1 is 1.00 bits per heavy atom. The normalized spacial score (nSPS) is 11.4. The molecule has 2 N–H and O–H groups in total. The van der Waals surface area contributed by atoms with Crippen LogP contribution in [0.25, 0.3) is 0 Å². The molecule has 1 atom stereocenters. The Labute approximate surface area is 165 Å². The van der Waals surface area contributed by atoms with Crippen molar-refractivity contribution in [1.82, 2.24) is 10.2 Å². The van der Waals surface area contributed by atoms with Gasteiger partial charge in [-0.05, 0) is 36.6 Å². The summed E-state index contributed by atoms with van der Waals surface area (Å²) < 4.78 is 0. The van der Waals surface area contributed by atoms with Gasteiger partial charge in [0.05, 0.1) is 0 Å². The van der Waals surface area contributed by atoms with E-state index in [1.807, 2.05) is 30.3 Å². The number of carbonyl (C=O) groups is 2. The molecule has 2 aromatic rings. The maximum absolute atomic E-state index is 12.4. The van der Waals surface area contributed by atoms with Gasteiger partial charge in [0, 0.05) is 24.1 Å². The second-order valence-electron chi connectivity index (χ2n) is 6.21. The average Bonchev–Trinajstić information content (AvgIpc) is 2.72. The van der Waals surface area contributed by atoms with Crippen molar-refractivity contribution in [3.63, 3.8) is 0 Å². The van der Waals surface area contributed by atoms with Crippen LogP contribution in [0.1, 0.15) is 40.7 Å². The fourth-order valence-corrected chi connectivity index (χ4v) is 2.83. The maximum Gasteiger partial charge on any atom is 0.238 e. The Morgan fingerprint density at radius 2 is 1.67 bits per heavy atom. The number of unbranched alkanes of at least 4 members (excludes halogenated alkanes) is 2. The van der Waals surface area contributed by atoms with Gasteiger partial charge in [0.25, 0.3) is 0 Å². The van der Waals surface area contributed by atoms with Gasteiger partial charge in [-0.1, -0.05) is 54.6 Å². The van der Waals surface area contributed by atoms with Gasteiger partial charge in [-0.2, -0.15) is 0 Å². The molecule has 0 heterocycles. The summed E-state index contributed by atoms with van der Waals surface area (Å²) in [6.45, 7) is 0.570. The molecule has 5 heteroatoms. The molecule has 2 rings (SSSR count). The van der Waals surface area contributed by atoms with Crippen LogP contribution in [0.4, 0.5) is 0 Å². The number of benzene rings is 2. The van der Waals surface area contributed by atoms with E-state index in [0.717, 1.165) is 18.4 Å². The number of ketones is 1. The summed E-state index contributed by atoms with van der Waals surface area (Å²) in [6, 6.07) is 15.8. The first-order chi connectivity index (χ1) is 13.2. The second kappa shape index (κ2) is 11.2. The molecule has 0 aromatic heterocycles. The number of rotatable bonds is 10. The minimum absolute atomic E-state index is 0.0288. The molecule has 0 spiro atoms. The standard InChI is InChI=1S/C22H23ClN2O2/c1-2-3-4-8-15-24-22(27)20(25-23)16-17-11-13-19(14-12-17)21(26)18-9-6-5-7-10-18/h1,5-7,9-14,20,25H,3-4,8,15-16H2,(H,24,27)/t20-/m0/s1. The Morgan fingerprint density at radius 3 is 2.30 bits per heavy atom. The van der Waals surface area contributed by atoms with E-state index in [1.165, 1.54) is 0 Å². The van der Waals surface area contributed by atoms with Crippen molar-refractivity contribution in [2.45, 2.75) is 31.7 Å². The number of terminal acetylenes is 1. The lowest BCUT2D eigenvalue weighted by Gasteiger charge is -2.15. The van der Waals surface area contributed by atoms with Crippen LogP contribution in [-0.4, -0.2) is 24.3 Å². The van der Waals surface area contributed by atoms with Crippen LogP contribution in [0, 0.1) is 12.3 Å². The maximum atomic E-state index is 12.4. The van der Waals surface area contributed by atoms with E-state index in [4.69, 9.17) is 18.2 Å². The first-order valence-electron chi connectivity index (χ1n) is 8.91. The molecule has 0 aliphatic rings. The van der Waals surface area contributed by atoms with Gasteiger partial charge in [-0.3, -0.25) is 9.59 Å². The fraction of sp³-hybridized carbons (Fsp3) is 0.273. The molecule has 0 radical (unpaired) electrons. The second-order valence-corrected chi connectivity index (χ2v) is 6.43. The van der Waals surface area contributed by atoms with E-state index in [-0.39, 0.29) is 11.7 Å². The minimum Gasteiger partial charge on any atom is -0.355 e. The highest BCUT2D eigenvalue weighted by Crippen LogP contribution is 2.12. The molecular weight excluding hydrogens is 360 g/mol. The summed E-state index contributed by atoms with van der Waals surface area (Å²) >= 11 is 5.75. The quantitative estimate of drug-likeness (QED) is 0.286. The highest BCUT2D eigenvalue weighted by molar-refractivity contribution is 6.15. The van der Waals surface area contributed by atoms with Crippen molar-refractivity contribution in [2.24, 2.45) is 0 Å². The van der Waals surface area contributed by atoms with Crippen LogP contribution in [0.15, 0.2) is 54.6 Å². The zero-order valence-corrected chi connectivity index (χ0v) is 15.8. The summed E-state index contributed by atoms with van der Waals surface area (Å²) in [7, 11) is 0. The van der Waals surface area contributed by atoms with Crippen LogP contribution in [-0.2, 0) is 11.2 Å². The number of hydrogen-bond donors (Lipinski definition) is 2. The molecule has 0 aliphatic heterocycles. The molecule has 1 amide bonds. The molecule has 27 heavy (non-hydrogen) atoms. The summed E-state index contributed by atoms with van der Waals surface area (Å²) in [6.07, 6.45) is 8.06. The molecule has 0 fully saturated rings. The van der Waals surface area contributed by atoms with Crippen molar-refractivity contribution in [1.29, 1.82) is 0 Å². The predicted octanol–water partition coefficient (Wildman–Crippen LogP) is 3.49. The number of nitrogens with one attached hydrogen (secondary N) is 2. The molecule has 0 saturated carbocycles. The van der Waals surface area contributed by atoms with Gasteiger partial charge in [-0.15, -0.1) is 12.3 Å². The van der Waals surface area contributed by atoms with E-state index in [0.29, 0.717) is 30.5 Å². The number of hydrogen-bond acceptors (Lipinski definition) is 3. The van der Waals surface area contributed by atoms with Gasteiger partial charge in [0.1, 0.15) is 6.04 Å². The zero-order valence-electron chi connectivity index (χ0n) is 15.1. The highest BCUT2D eigenvalue weighted by atomic mass is 35.5. The van der Waals surface area contributed by atoms with Gasteiger partial charge in [-0.25, -0.2) is 4.84 Å². The Bertz CT molecular complexity index is 782. The first kappa shape index (κ1) is 20.7. The molecule has 4 nitrogen and oxygen atoms in total. The largest absolute Gasteiger partial charge is 0.355 e. The van der Waals surface area contributed by atoms with E-state index in [9.17, 15) is 9.59 Å². The van der Waals surface area contributed by atoms with Crippen molar-refractivity contribution < 1.29 is 9.59 Å². The molecular formula is C22H23ClN2O2. The Kier molecular flexibility index (Phi) is 8.57. The lowest BCUT2D eigenvalue weighted by atomic mass is 9.99. The molecule has 2 aromatic carbocycles. The monoisotopic (exact) mass is 382 g/mol.